The topological polar surface area (TPSA) is 77.1 Å². The van der Waals surface area contributed by atoms with Crippen LogP contribution in [-0.2, 0) is 6.54 Å². The van der Waals surface area contributed by atoms with E-state index in [-0.39, 0.29) is 0 Å². The number of anilines is 2. The number of rotatable bonds is 6. The second kappa shape index (κ2) is 9.29. The van der Waals surface area contributed by atoms with Gasteiger partial charge in [-0.15, -0.1) is 0 Å². The summed E-state index contributed by atoms with van der Waals surface area (Å²) in [7, 11) is 0. The molecular formula is C23H33N7. The third-order valence-electron chi connectivity index (χ3n) is 6.77. The van der Waals surface area contributed by atoms with Gasteiger partial charge in [-0.2, -0.15) is 4.98 Å². The number of aromatic nitrogens is 2. The van der Waals surface area contributed by atoms with E-state index in [1.807, 2.05) is 12.3 Å². The van der Waals surface area contributed by atoms with Gasteiger partial charge in [-0.05, 0) is 49.7 Å². The summed E-state index contributed by atoms with van der Waals surface area (Å²) in [5.74, 6) is 2.53. The van der Waals surface area contributed by atoms with E-state index in [4.69, 9.17) is 4.98 Å². The number of hydrogen-bond donors (Lipinski definition) is 4. The number of nitrogens with zero attached hydrogens (tertiary/aromatic N) is 3. The molecule has 2 aromatic rings. The Morgan fingerprint density at radius 1 is 1.07 bits per heavy atom. The first kappa shape index (κ1) is 19.7. The van der Waals surface area contributed by atoms with Crippen LogP contribution in [0.15, 0.2) is 42.6 Å². The van der Waals surface area contributed by atoms with Gasteiger partial charge in [0, 0.05) is 50.5 Å². The molecule has 0 spiro atoms. The molecule has 7 heteroatoms. The number of benzene rings is 1. The summed E-state index contributed by atoms with van der Waals surface area (Å²) in [6, 6.07) is 14.2. The second-order valence-corrected chi connectivity index (χ2v) is 8.94. The molecule has 4 N–H and O–H groups in total. The van der Waals surface area contributed by atoms with Crippen molar-refractivity contribution >= 4 is 11.8 Å². The van der Waals surface area contributed by atoms with E-state index in [1.165, 1.54) is 37.7 Å². The number of hydrogen-bond acceptors (Lipinski definition) is 7. The van der Waals surface area contributed by atoms with Crippen LogP contribution in [0.1, 0.15) is 37.7 Å². The maximum atomic E-state index is 4.87. The van der Waals surface area contributed by atoms with Gasteiger partial charge in [-0.3, -0.25) is 10.9 Å². The third kappa shape index (κ3) is 4.74. The van der Waals surface area contributed by atoms with Crippen LogP contribution in [0, 0.1) is 5.92 Å². The summed E-state index contributed by atoms with van der Waals surface area (Å²) in [6.07, 6.45) is 7.86. The molecule has 1 aliphatic carbocycles. The van der Waals surface area contributed by atoms with Crippen LogP contribution in [0.3, 0.4) is 0 Å². The third-order valence-corrected chi connectivity index (χ3v) is 6.77. The lowest BCUT2D eigenvalue weighted by Gasteiger charge is -2.34. The molecule has 2 saturated heterocycles. The Morgan fingerprint density at radius 2 is 2.00 bits per heavy atom. The zero-order valence-corrected chi connectivity index (χ0v) is 17.6. The maximum absolute atomic E-state index is 4.87. The molecule has 2 aliphatic heterocycles. The fourth-order valence-corrected chi connectivity index (χ4v) is 5.11. The number of piperidine rings is 1. The van der Waals surface area contributed by atoms with Gasteiger partial charge in [0.1, 0.15) is 5.82 Å². The fourth-order valence-electron chi connectivity index (χ4n) is 5.11. The lowest BCUT2D eigenvalue weighted by molar-refractivity contribution is 0.314. The van der Waals surface area contributed by atoms with Crippen LogP contribution >= 0.6 is 0 Å². The first-order chi connectivity index (χ1) is 14.8. The van der Waals surface area contributed by atoms with Crippen molar-refractivity contribution in [2.75, 3.05) is 29.9 Å². The van der Waals surface area contributed by atoms with Gasteiger partial charge in [0.15, 0.2) is 0 Å². The highest BCUT2D eigenvalue weighted by Gasteiger charge is 2.33. The fraction of sp³-hybridized carbons (Fsp3) is 0.565. The Bertz CT molecular complexity index is 814. The van der Waals surface area contributed by atoms with Crippen molar-refractivity contribution in [3.63, 3.8) is 0 Å². The Balaban J connectivity index is 1.17. The molecule has 0 amide bonds. The Hall–Kier alpha value is -2.22. The predicted octanol–water partition coefficient (Wildman–Crippen LogP) is 2.29. The van der Waals surface area contributed by atoms with Crippen molar-refractivity contribution in [3.05, 3.63) is 48.2 Å². The molecule has 3 heterocycles. The lowest BCUT2D eigenvalue weighted by atomic mass is 9.83. The Kier molecular flexibility index (Phi) is 6.11. The number of nitrogens with one attached hydrogen (secondary N) is 4. The minimum atomic E-state index is 0.469. The molecule has 0 radical (unpaired) electrons. The molecule has 5 rings (SSSR count). The molecule has 4 atom stereocenters. The first-order valence-electron chi connectivity index (χ1n) is 11.4. The van der Waals surface area contributed by atoms with Crippen molar-refractivity contribution in [2.45, 2.75) is 56.8 Å². The first-order valence-corrected chi connectivity index (χ1v) is 11.4. The zero-order chi connectivity index (χ0) is 20.2. The molecule has 1 aromatic carbocycles. The van der Waals surface area contributed by atoms with Crippen molar-refractivity contribution in [2.24, 2.45) is 5.92 Å². The van der Waals surface area contributed by atoms with Crippen LogP contribution in [0.25, 0.3) is 0 Å². The number of fused-ring (bicyclic) bond motifs is 1. The molecule has 1 aromatic heterocycles. The van der Waals surface area contributed by atoms with Gasteiger partial charge < -0.3 is 15.5 Å². The lowest BCUT2D eigenvalue weighted by Crippen LogP contribution is -2.46. The summed E-state index contributed by atoms with van der Waals surface area (Å²) in [4.78, 5) is 11.8. The largest absolute Gasteiger partial charge is 0.367 e. The highest BCUT2D eigenvalue weighted by molar-refractivity contribution is 5.42. The van der Waals surface area contributed by atoms with E-state index in [0.717, 1.165) is 43.9 Å². The van der Waals surface area contributed by atoms with E-state index in [2.05, 4.69) is 61.7 Å². The Labute approximate surface area is 179 Å². The molecule has 7 nitrogen and oxygen atoms in total. The van der Waals surface area contributed by atoms with Gasteiger partial charge in [0.2, 0.25) is 5.95 Å². The summed E-state index contributed by atoms with van der Waals surface area (Å²) in [5, 5.41) is 7.40. The molecule has 1 saturated carbocycles. The van der Waals surface area contributed by atoms with E-state index in [9.17, 15) is 0 Å². The summed E-state index contributed by atoms with van der Waals surface area (Å²) in [6.45, 7) is 3.97. The van der Waals surface area contributed by atoms with Crippen molar-refractivity contribution in [1.82, 2.24) is 26.1 Å². The quantitative estimate of drug-likeness (QED) is 0.585. The molecule has 3 aliphatic rings. The van der Waals surface area contributed by atoms with E-state index < -0.39 is 0 Å². The average molecular weight is 408 g/mol. The van der Waals surface area contributed by atoms with Crippen molar-refractivity contribution < 1.29 is 0 Å². The van der Waals surface area contributed by atoms with E-state index >= 15 is 0 Å². The van der Waals surface area contributed by atoms with Crippen LogP contribution in [-0.4, -0.2) is 47.7 Å². The van der Waals surface area contributed by atoms with Gasteiger partial charge in [-0.25, -0.2) is 4.98 Å². The highest BCUT2D eigenvalue weighted by Crippen LogP contribution is 2.28. The molecular weight excluding hydrogens is 374 g/mol. The molecule has 3 fully saturated rings. The van der Waals surface area contributed by atoms with Crippen LogP contribution in [0.5, 0.6) is 0 Å². The number of hydrazine groups is 1. The minimum Gasteiger partial charge on any atom is -0.367 e. The monoisotopic (exact) mass is 407 g/mol. The summed E-state index contributed by atoms with van der Waals surface area (Å²) in [5.41, 5.74) is 8.05. The smallest absolute Gasteiger partial charge is 0.227 e. The normalized spacial score (nSPS) is 28.9. The van der Waals surface area contributed by atoms with Gasteiger partial charge >= 0.3 is 0 Å². The SMILES string of the molecule is c1ccc(CNC2CCCN(c3nccc(NC4CCC5NNCC5C4)n3)C2)cc1. The summed E-state index contributed by atoms with van der Waals surface area (Å²) >= 11 is 0. The van der Waals surface area contributed by atoms with Gasteiger partial charge in [0.05, 0.1) is 0 Å². The predicted molar refractivity (Wildman–Crippen MR) is 120 cm³/mol. The molecule has 160 valence electrons. The Morgan fingerprint density at radius 3 is 2.93 bits per heavy atom. The second-order valence-electron chi connectivity index (χ2n) is 8.94. The maximum Gasteiger partial charge on any atom is 0.227 e. The van der Waals surface area contributed by atoms with E-state index in [1.54, 1.807) is 0 Å². The standard InChI is InChI=1S/C23H33N7/c1-2-5-17(6-3-1)14-25-20-7-4-12-30(16-20)23-24-11-10-22(28-23)27-19-8-9-21-18(13-19)15-26-29-21/h1-3,5-6,10-11,18-21,25-26,29H,4,7-9,12-16H2,(H,24,27,28). The summed E-state index contributed by atoms with van der Waals surface area (Å²) < 4.78 is 0. The minimum absolute atomic E-state index is 0.469. The van der Waals surface area contributed by atoms with Crippen LogP contribution in [0.2, 0.25) is 0 Å². The zero-order valence-electron chi connectivity index (χ0n) is 17.6. The van der Waals surface area contributed by atoms with Crippen molar-refractivity contribution in [3.8, 4) is 0 Å². The highest BCUT2D eigenvalue weighted by atomic mass is 15.4. The molecule has 30 heavy (non-hydrogen) atoms. The van der Waals surface area contributed by atoms with Crippen LogP contribution in [0.4, 0.5) is 11.8 Å². The van der Waals surface area contributed by atoms with E-state index in [0.29, 0.717) is 18.1 Å². The van der Waals surface area contributed by atoms with Crippen molar-refractivity contribution in [1.29, 1.82) is 0 Å². The van der Waals surface area contributed by atoms with Gasteiger partial charge in [-0.1, -0.05) is 30.3 Å². The van der Waals surface area contributed by atoms with Crippen LogP contribution < -0.4 is 26.4 Å². The van der Waals surface area contributed by atoms with Gasteiger partial charge in [0.25, 0.3) is 0 Å². The molecule has 4 unspecified atom stereocenters. The molecule has 0 bridgehead atoms. The average Bonchev–Trinajstić information content (AvgIpc) is 3.27.